The number of hydrogen-bond donors (Lipinski definition) is 2. The van der Waals surface area contributed by atoms with Gasteiger partial charge in [-0.3, -0.25) is 9.59 Å². The summed E-state index contributed by atoms with van der Waals surface area (Å²) < 4.78 is 0. The molecule has 0 saturated heterocycles. The average Bonchev–Trinajstić information content (AvgIpc) is 2.46. The second-order valence-corrected chi connectivity index (χ2v) is 4.88. The van der Waals surface area contributed by atoms with E-state index in [2.05, 4.69) is 5.32 Å². The molecule has 0 fully saturated rings. The number of nitrogens with two attached hydrogens (primary N) is 1. The van der Waals surface area contributed by atoms with Gasteiger partial charge in [-0.1, -0.05) is 30.3 Å². The highest BCUT2D eigenvalue weighted by molar-refractivity contribution is 5.89. The van der Waals surface area contributed by atoms with Gasteiger partial charge >= 0.3 is 0 Å². The van der Waals surface area contributed by atoms with E-state index in [9.17, 15) is 9.59 Å². The summed E-state index contributed by atoms with van der Waals surface area (Å²) in [6, 6.07) is 8.36. The summed E-state index contributed by atoms with van der Waals surface area (Å²) in [4.78, 5) is 25.4. The molecule has 110 valence electrons. The van der Waals surface area contributed by atoms with Crippen LogP contribution in [0.15, 0.2) is 30.3 Å². The highest BCUT2D eigenvalue weighted by atomic mass is 16.2. The molecule has 1 aromatic carbocycles. The van der Waals surface area contributed by atoms with Crippen molar-refractivity contribution in [3.63, 3.8) is 0 Å². The third-order valence-corrected chi connectivity index (χ3v) is 3.21. The van der Waals surface area contributed by atoms with E-state index in [0.717, 1.165) is 5.56 Å². The first-order valence-corrected chi connectivity index (χ1v) is 6.80. The predicted octanol–water partition coefficient (Wildman–Crippen LogP) is 0.539. The predicted molar refractivity (Wildman–Crippen MR) is 79.0 cm³/mol. The first-order valence-electron chi connectivity index (χ1n) is 6.80. The van der Waals surface area contributed by atoms with Crippen LogP contribution in [0.25, 0.3) is 0 Å². The SMILES string of the molecule is CCN(C)C(=O)C(C)NC(=O)[C@H](N)Cc1ccccc1. The lowest BCUT2D eigenvalue weighted by atomic mass is 10.1. The maximum atomic E-state index is 12.0. The molecule has 1 unspecified atom stereocenters. The fourth-order valence-electron chi connectivity index (χ4n) is 1.83. The molecule has 0 saturated carbocycles. The third kappa shape index (κ3) is 4.66. The molecule has 5 nitrogen and oxygen atoms in total. The second-order valence-electron chi connectivity index (χ2n) is 4.88. The van der Waals surface area contributed by atoms with Crippen LogP contribution in [0, 0.1) is 0 Å². The first-order chi connectivity index (χ1) is 9.45. The molecule has 2 amide bonds. The molecular formula is C15H23N3O2. The van der Waals surface area contributed by atoms with E-state index in [1.165, 1.54) is 0 Å². The van der Waals surface area contributed by atoms with Crippen molar-refractivity contribution in [2.45, 2.75) is 32.4 Å². The molecule has 0 aromatic heterocycles. The molecule has 0 aliphatic carbocycles. The van der Waals surface area contributed by atoms with Crippen LogP contribution in [0.4, 0.5) is 0 Å². The van der Waals surface area contributed by atoms with Gasteiger partial charge in [0.1, 0.15) is 6.04 Å². The van der Waals surface area contributed by atoms with Crippen LogP contribution in [0.1, 0.15) is 19.4 Å². The van der Waals surface area contributed by atoms with Crippen molar-refractivity contribution in [1.29, 1.82) is 0 Å². The fraction of sp³-hybridized carbons (Fsp3) is 0.467. The van der Waals surface area contributed by atoms with Crippen molar-refractivity contribution in [1.82, 2.24) is 10.2 Å². The number of carbonyl (C=O) groups is 2. The van der Waals surface area contributed by atoms with E-state index in [1.807, 2.05) is 37.3 Å². The molecular weight excluding hydrogens is 254 g/mol. The Balaban J connectivity index is 2.51. The van der Waals surface area contributed by atoms with Gasteiger partial charge < -0.3 is 16.0 Å². The van der Waals surface area contributed by atoms with E-state index < -0.39 is 12.1 Å². The van der Waals surface area contributed by atoms with Gasteiger partial charge in [0.05, 0.1) is 6.04 Å². The maximum Gasteiger partial charge on any atom is 0.244 e. The Morgan fingerprint density at radius 3 is 2.45 bits per heavy atom. The molecule has 0 radical (unpaired) electrons. The molecule has 0 aliphatic rings. The second kappa shape index (κ2) is 7.65. The lowest BCUT2D eigenvalue weighted by Gasteiger charge is -2.22. The van der Waals surface area contributed by atoms with E-state index in [4.69, 9.17) is 5.73 Å². The Bertz CT molecular complexity index is 448. The van der Waals surface area contributed by atoms with Gasteiger partial charge in [0.2, 0.25) is 11.8 Å². The highest BCUT2D eigenvalue weighted by Gasteiger charge is 2.21. The Labute approximate surface area is 120 Å². The molecule has 1 aromatic rings. The van der Waals surface area contributed by atoms with Gasteiger partial charge in [0, 0.05) is 13.6 Å². The molecule has 5 heteroatoms. The third-order valence-electron chi connectivity index (χ3n) is 3.21. The van der Waals surface area contributed by atoms with E-state index >= 15 is 0 Å². The number of amides is 2. The molecule has 2 atom stereocenters. The minimum Gasteiger partial charge on any atom is -0.344 e. The quantitative estimate of drug-likeness (QED) is 0.797. The van der Waals surface area contributed by atoms with Crippen molar-refractivity contribution in [3.8, 4) is 0 Å². The minimum atomic E-state index is -0.653. The lowest BCUT2D eigenvalue weighted by Crippen LogP contribution is -2.51. The van der Waals surface area contributed by atoms with Crippen molar-refractivity contribution in [2.75, 3.05) is 13.6 Å². The van der Waals surface area contributed by atoms with Crippen molar-refractivity contribution in [3.05, 3.63) is 35.9 Å². The maximum absolute atomic E-state index is 12.0. The zero-order valence-corrected chi connectivity index (χ0v) is 12.3. The van der Waals surface area contributed by atoms with E-state index in [0.29, 0.717) is 13.0 Å². The zero-order chi connectivity index (χ0) is 15.1. The Kier molecular flexibility index (Phi) is 6.18. The van der Waals surface area contributed by atoms with Crippen molar-refractivity contribution in [2.24, 2.45) is 5.73 Å². The van der Waals surface area contributed by atoms with Crippen molar-refractivity contribution >= 4 is 11.8 Å². The Morgan fingerprint density at radius 1 is 1.30 bits per heavy atom. The number of carbonyl (C=O) groups excluding carboxylic acids is 2. The molecule has 0 aliphatic heterocycles. The topological polar surface area (TPSA) is 75.4 Å². The van der Waals surface area contributed by atoms with E-state index in [-0.39, 0.29) is 11.8 Å². The molecule has 20 heavy (non-hydrogen) atoms. The van der Waals surface area contributed by atoms with E-state index in [1.54, 1.807) is 18.9 Å². The summed E-state index contributed by atoms with van der Waals surface area (Å²) in [5, 5.41) is 2.66. The summed E-state index contributed by atoms with van der Waals surface area (Å²) in [5.41, 5.74) is 6.87. The van der Waals surface area contributed by atoms with Gasteiger partial charge in [-0.25, -0.2) is 0 Å². The highest BCUT2D eigenvalue weighted by Crippen LogP contribution is 2.02. The number of hydrogen-bond acceptors (Lipinski definition) is 3. The number of benzene rings is 1. The zero-order valence-electron chi connectivity index (χ0n) is 12.3. The van der Waals surface area contributed by atoms with Crippen LogP contribution in [-0.2, 0) is 16.0 Å². The molecule has 0 bridgehead atoms. The van der Waals surface area contributed by atoms with Gasteiger partial charge in [0.25, 0.3) is 0 Å². The van der Waals surface area contributed by atoms with Crippen LogP contribution in [0.5, 0.6) is 0 Å². The number of likely N-dealkylation sites (N-methyl/N-ethyl adjacent to an activating group) is 1. The molecule has 0 spiro atoms. The normalized spacial score (nSPS) is 13.4. The minimum absolute atomic E-state index is 0.118. The fourth-order valence-corrected chi connectivity index (χ4v) is 1.83. The van der Waals surface area contributed by atoms with Crippen LogP contribution in [-0.4, -0.2) is 42.4 Å². The molecule has 0 heterocycles. The van der Waals surface area contributed by atoms with Gasteiger partial charge in [-0.2, -0.15) is 0 Å². The smallest absolute Gasteiger partial charge is 0.244 e. The Morgan fingerprint density at radius 2 is 1.90 bits per heavy atom. The van der Waals surface area contributed by atoms with Crippen molar-refractivity contribution < 1.29 is 9.59 Å². The summed E-state index contributed by atoms with van der Waals surface area (Å²) in [6.07, 6.45) is 0.456. The van der Waals surface area contributed by atoms with Gasteiger partial charge in [-0.05, 0) is 25.8 Å². The average molecular weight is 277 g/mol. The first kappa shape index (κ1) is 16.2. The Hall–Kier alpha value is -1.88. The van der Waals surface area contributed by atoms with Crippen LogP contribution >= 0.6 is 0 Å². The van der Waals surface area contributed by atoms with Gasteiger partial charge in [0.15, 0.2) is 0 Å². The van der Waals surface area contributed by atoms with Crippen LogP contribution in [0.2, 0.25) is 0 Å². The largest absolute Gasteiger partial charge is 0.344 e. The number of nitrogens with zero attached hydrogens (tertiary/aromatic N) is 1. The number of nitrogens with one attached hydrogen (secondary N) is 1. The summed E-state index contributed by atoms with van der Waals surface area (Å²) in [7, 11) is 1.70. The van der Waals surface area contributed by atoms with Crippen LogP contribution < -0.4 is 11.1 Å². The van der Waals surface area contributed by atoms with Crippen LogP contribution in [0.3, 0.4) is 0 Å². The molecule has 1 rings (SSSR count). The lowest BCUT2D eigenvalue weighted by molar-refractivity contribution is -0.135. The summed E-state index contributed by atoms with van der Waals surface area (Å²) in [5.74, 6) is -0.424. The van der Waals surface area contributed by atoms with Gasteiger partial charge in [-0.15, -0.1) is 0 Å². The summed E-state index contributed by atoms with van der Waals surface area (Å²) >= 11 is 0. The monoisotopic (exact) mass is 277 g/mol. The number of rotatable bonds is 6. The summed E-state index contributed by atoms with van der Waals surface area (Å²) in [6.45, 7) is 4.16. The molecule has 3 N–H and O–H groups in total. The standard InChI is InChI=1S/C15H23N3O2/c1-4-18(3)15(20)11(2)17-14(19)13(16)10-12-8-6-5-7-9-12/h5-9,11,13H,4,10,16H2,1-3H3,(H,17,19)/t11?,13-/m1/s1.